The Balaban J connectivity index is 3.09. The molecule has 0 aromatic rings. The van der Waals surface area contributed by atoms with E-state index >= 15 is 0 Å². The summed E-state index contributed by atoms with van der Waals surface area (Å²) in [4.78, 5) is 0. The van der Waals surface area contributed by atoms with Gasteiger partial charge in [-0.3, -0.25) is 0 Å². The van der Waals surface area contributed by atoms with Crippen LogP contribution in [0.3, 0.4) is 0 Å². The van der Waals surface area contributed by atoms with Crippen molar-refractivity contribution in [2.24, 2.45) is 0 Å². The van der Waals surface area contributed by atoms with Crippen LogP contribution in [0.2, 0.25) is 0 Å². The maximum Gasteiger partial charge on any atom is 0.108 e. The van der Waals surface area contributed by atoms with Gasteiger partial charge in [0.15, 0.2) is 0 Å². The Morgan fingerprint density at radius 3 is 2.78 bits per heavy atom. The van der Waals surface area contributed by atoms with Crippen LogP contribution in [0.15, 0.2) is 24.5 Å². The predicted molar refractivity (Wildman–Crippen MR) is 40.2 cm³/mol. The lowest BCUT2D eigenvalue weighted by atomic mass is 10.4. The monoisotopic (exact) mass is 126 g/mol. The van der Waals surface area contributed by atoms with E-state index in [-0.39, 0.29) is 0 Å². The lowest BCUT2D eigenvalue weighted by Gasteiger charge is -1.96. The molecule has 9 heavy (non-hydrogen) atoms. The molecule has 0 saturated carbocycles. The van der Waals surface area contributed by atoms with Gasteiger partial charge in [-0.25, -0.2) is 0 Å². The summed E-state index contributed by atoms with van der Waals surface area (Å²) in [5, 5.41) is 0. The first kappa shape index (κ1) is 8.28. The van der Waals surface area contributed by atoms with Crippen LogP contribution in [-0.2, 0) is 4.74 Å². The summed E-state index contributed by atoms with van der Waals surface area (Å²) >= 11 is 0. The predicted octanol–water partition coefficient (Wildman–Crippen LogP) is 2.50. The fourth-order valence-electron chi connectivity index (χ4n) is 0.355. The third-order valence-electron chi connectivity index (χ3n) is 0.758. The number of hydrogen-bond donors (Lipinski definition) is 0. The van der Waals surface area contributed by atoms with Gasteiger partial charge in [0.1, 0.15) is 6.61 Å². The largest absolute Gasteiger partial charge is 0.497 e. The molecule has 0 fully saturated rings. The van der Waals surface area contributed by atoms with Crippen LogP contribution in [0.4, 0.5) is 0 Å². The zero-order valence-electron chi connectivity index (χ0n) is 6.18. The van der Waals surface area contributed by atoms with E-state index in [4.69, 9.17) is 4.74 Å². The normalized spacial score (nSPS) is 10.0. The molecule has 0 atom stereocenters. The molecule has 52 valence electrons. The van der Waals surface area contributed by atoms with Crippen LogP contribution in [0.5, 0.6) is 0 Å². The Labute approximate surface area is 57.0 Å². The number of rotatable bonds is 4. The van der Waals surface area contributed by atoms with E-state index in [0.717, 1.165) is 12.0 Å². The van der Waals surface area contributed by atoms with E-state index in [1.165, 1.54) is 0 Å². The standard InChI is InChI=1S/C8H14O/c1-4-5-6-9-7-8(2)3/h5-6H,2,4,7H2,1,3H3. The smallest absolute Gasteiger partial charge is 0.108 e. The van der Waals surface area contributed by atoms with Crippen molar-refractivity contribution in [1.82, 2.24) is 0 Å². The van der Waals surface area contributed by atoms with Gasteiger partial charge in [-0.1, -0.05) is 19.6 Å². The molecular weight excluding hydrogens is 112 g/mol. The minimum Gasteiger partial charge on any atom is -0.497 e. The molecule has 0 bridgehead atoms. The first-order valence-electron chi connectivity index (χ1n) is 3.18. The molecule has 0 heterocycles. The minimum atomic E-state index is 0.635. The topological polar surface area (TPSA) is 9.23 Å². The van der Waals surface area contributed by atoms with Gasteiger partial charge in [0.05, 0.1) is 6.26 Å². The molecule has 0 aromatic carbocycles. The second-order valence-electron chi connectivity index (χ2n) is 2.05. The number of ether oxygens (including phenoxy) is 1. The summed E-state index contributed by atoms with van der Waals surface area (Å²) < 4.78 is 5.06. The van der Waals surface area contributed by atoms with Gasteiger partial charge in [0, 0.05) is 0 Å². The molecule has 0 amide bonds. The highest BCUT2D eigenvalue weighted by Crippen LogP contribution is 1.89. The number of hydrogen-bond acceptors (Lipinski definition) is 1. The van der Waals surface area contributed by atoms with E-state index in [2.05, 4.69) is 13.5 Å². The van der Waals surface area contributed by atoms with Crippen LogP contribution >= 0.6 is 0 Å². The van der Waals surface area contributed by atoms with Gasteiger partial charge in [0.25, 0.3) is 0 Å². The van der Waals surface area contributed by atoms with Crippen molar-refractivity contribution < 1.29 is 4.74 Å². The third kappa shape index (κ3) is 7.28. The SMILES string of the molecule is C=C(C)COC=CCC. The summed E-state index contributed by atoms with van der Waals surface area (Å²) in [6.07, 6.45) is 4.72. The Kier molecular flexibility index (Phi) is 4.98. The van der Waals surface area contributed by atoms with Gasteiger partial charge in [-0.15, -0.1) is 0 Å². The zero-order chi connectivity index (χ0) is 7.11. The lowest BCUT2D eigenvalue weighted by Crippen LogP contribution is -1.85. The van der Waals surface area contributed by atoms with E-state index in [1.54, 1.807) is 6.26 Å². The third-order valence-corrected chi connectivity index (χ3v) is 0.758. The fraction of sp³-hybridized carbons (Fsp3) is 0.500. The van der Waals surface area contributed by atoms with Crippen molar-refractivity contribution in [2.75, 3.05) is 6.61 Å². The summed E-state index contributed by atoms with van der Waals surface area (Å²) in [6, 6.07) is 0. The molecule has 0 spiro atoms. The van der Waals surface area contributed by atoms with Gasteiger partial charge in [0.2, 0.25) is 0 Å². The average molecular weight is 126 g/mol. The van der Waals surface area contributed by atoms with Crippen molar-refractivity contribution >= 4 is 0 Å². The Bertz CT molecular complexity index is 103. The lowest BCUT2D eigenvalue weighted by molar-refractivity contribution is 0.280. The molecule has 0 radical (unpaired) electrons. The van der Waals surface area contributed by atoms with Gasteiger partial charge in [-0.05, 0) is 18.9 Å². The van der Waals surface area contributed by atoms with Crippen LogP contribution in [-0.4, -0.2) is 6.61 Å². The molecule has 0 N–H and O–H groups in total. The zero-order valence-corrected chi connectivity index (χ0v) is 6.18. The van der Waals surface area contributed by atoms with Gasteiger partial charge in [-0.2, -0.15) is 0 Å². The molecular formula is C8H14O. The first-order chi connectivity index (χ1) is 4.27. The quantitative estimate of drug-likeness (QED) is 0.415. The van der Waals surface area contributed by atoms with E-state index in [9.17, 15) is 0 Å². The Hall–Kier alpha value is -0.720. The average Bonchev–Trinajstić information content (AvgIpc) is 1.80. The molecule has 0 aliphatic heterocycles. The Morgan fingerprint density at radius 2 is 2.33 bits per heavy atom. The van der Waals surface area contributed by atoms with Crippen LogP contribution in [0.1, 0.15) is 20.3 Å². The first-order valence-corrected chi connectivity index (χ1v) is 3.18. The maximum atomic E-state index is 5.06. The highest BCUT2D eigenvalue weighted by molar-refractivity contribution is 4.88. The molecule has 1 nitrogen and oxygen atoms in total. The number of allylic oxidation sites excluding steroid dienone is 1. The van der Waals surface area contributed by atoms with Crippen LogP contribution < -0.4 is 0 Å². The second-order valence-corrected chi connectivity index (χ2v) is 2.05. The van der Waals surface area contributed by atoms with Crippen LogP contribution in [0, 0.1) is 0 Å². The van der Waals surface area contributed by atoms with Gasteiger partial charge < -0.3 is 4.74 Å². The summed E-state index contributed by atoms with van der Waals surface area (Å²) in [5.41, 5.74) is 1.05. The summed E-state index contributed by atoms with van der Waals surface area (Å²) in [5.74, 6) is 0. The second kappa shape index (κ2) is 5.42. The van der Waals surface area contributed by atoms with Crippen molar-refractivity contribution in [3.63, 3.8) is 0 Å². The highest BCUT2D eigenvalue weighted by atomic mass is 16.5. The molecule has 0 saturated heterocycles. The van der Waals surface area contributed by atoms with Crippen molar-refractivity contribution in [3.05, 3.63) is 24.5 Å². The van der Waals surface area contributed by atoms with Gasteiger partial charge >= 0.3 is 0 Å². The molecule has 1 heteroatoms. The van der Waals surface area contributed by atoms with Crippen molar-refractivity contribution in [1.29, 1.82) is 0 Å². The summed E-state index contributed by atoms with van der Waals surface area (Å²) in [6.45, 7) is 8.34. The van der Waals surface area contributed by atoms with Crippen molar-refractivity contribution in [3.8, 4) is 0 Å². The highest BCUT2D eigenvalue weighted by Gasteiger charge is 1.79. The van der Waals surface area contributed by atoms with Crippen LogP contribution in [0.25, 0.3) is 0 Å². The van der Waals surface area contributed by atoms with E-state index < -0.39 is 0 Å². The molecule has 0 aromatic heterocycles. The fourth-order valence-corrected chi connectivity index (χ4v) is 0.355. The summed E-state index contributed by atoms with van der Waals surface area (Å²) in [7, 11) is 0. The molecule has 0 rings (SSSR count). The minimum absolute atomic E-state index is 0.635. The van der Waals surface area contributed by atoms with E-state index in [0.29, 0.717) is 6.61 Å². The molecule has 0 aliphatic rings. The molecule has 0 unspecified atom stereocenters. The van der Waals surface area contributed by atoms with Crippen molar-refractivity contribution in [2.45, 2.75) is 20.3 Å². The molecule has 0 aliphatic carbocycles. The Morgan fingerprint density at radius 1 is 1.67 bits per heavy atom. The maximum absolute atomic E-state index is 5.06. The van der Waals surface area contributed by atoms with E-state index in [1.807, 2.05) is 13.0 Å².